The highest BCUT2D eigenvalue weighted by atomic mass is 16.3. The van der Waals surface area contributed by atoms with Crippen LogP contribution in [-0.4, -0.2) is 20.1 Å². The van der Waals surface area contributed by atoms with Gasteiger partial charge in [0.05, 0.1) is 6.26 Å². The molecule has 1 heterocycles. The zero-order valence-electron chi connectivity index (χ0n) is 7.68. The van der Waals surface area contributed by atoms with Crippen molar-refractivity contribution in [3.8, 4) is 0 Å². The molecule has 0 amide bonds. The van der Waals surface area contributed by atoms with Crippen LogP contribution in [0.4, 0.5) is 0 Å². The molecule has 0 aliphatic heterocycles. The largest absolute Gasteiger partial charge is 0.469 e. The standard InChI is InChI=1S/C9H16N2O/c1-8-5-9(7-12-8)6-11-4-3-10-2/h5,7,10-11H,3-4,6H2,1-2H3. The highest BCUT2D eigenvalue weighted by molar-refractivity contribution is 5.10. The maximum absolute atomic E-state index is 5.17. The van der Waals surface area contributed by atoms with E-state index in [1.165, 1.54) is 5.56 Å². The summed E-state index contributed by atoms with van der Waals surface area (Å²) in [6.45, 7) is 4.83. The van der Waals surface area contributed by atoms with Crippen LogP contribution in [0.2, 0.25) is 0 Å². The minimum Gasteiger partial charge on any atom is -0.469 e. The van der Waals surface area contributed by atoms with Gasteiger partial charge in [0.1, 0.15) is 5.76 Å². The van der Waals surface area contributed by atoms with E-state index in [9.17, 15) is 0 Å². The number of furan rings is 1. The second-order valence-corrected chi connectivity index (χ2v) is 2.85. The Morgan fingerprint density at radius 1 is 1.42 bits per heavy atom. The van der Waals surface area contributed by atoms with Crippen molar-refractivity contribution in [3.05, 3.63) is 23.7 Å². The lowest BCUT2D eigenvalue weighted by molar-refractivity contribution is 0.529. The monoisotopic (exact) mass is 168 g/mol. The molecule has 0 aromatic carbocycles. The maximum Gasteiger partial charge on any atom is 0.101 e. The van der Waals surface area contributed by atoms with E-state index in [0.29, 0.717) is 0 Å². The average Bonchev–Trinajstić information content (AvgIpc) is 2.45. The van der Waals surface area contributed by atoms with Gasteiger partial charge in [-0.3, -0.25) is 0 Å². The van der Waals surface area contributed by atoms with Gasteiger partial charge in [0, 0.05) is 25.2 Å². The summed E-state index contributed by atoms with van der Waals surface area (Å²) in [6, 6.07) is 2.05. The van der Waals surface area contributed by atoms with E-state index in [1.807, 2.05) is 20.0 Å². The molecule has 0 spiro atoms. The molecule has 1 aromatic rings. The molecule has 0 atom stereocenters. The van der Waals surface area contributed by atoms with Crippen LogP contribution in [0.15, 0.2) is 16.7 Å². The van der Waals surface area contributed by atoms with E-state index in [4.69, 9.17) is 4.42 Å². The van der Waals surface area contributed by atoms with Gasteiger partial charge in [0.15, 0.2) is 0 Å². The van der Waals surface area contributed by atoms with E-state index < -0.39 is 0 Å². The van der Waals surface area contributed by atoms with Crippen LogP contribution in [-0.2, 0) is 6.54 Å². The van der Waals surface area contributed by atoms with E-state index in [2.05, 4.69) is 10.6 Å². The Kier molecular flexibility index (Phi) is 3.84. The van der Waals surface area contributed by atoms with Crippen LogP contribution in [0.3, 0.4) is 0 Å². The second kappa shape index (κ2) is 4.95. The Labute approximate surface area is 73.2 Å². The molecule has 0 aliphatic carbocycles. The number of rotatable bonds is 5. The van der Waals surface area contributed by atoms with Crippen molar-refractivity contribution < 1.29 is 4.42 Å². The average molecular weight is 168 g/mol. The van der Waals surface area contributed by atoms with Gasteiger partial charge in [0.2, 0.25) is 0 Å². The summed E-state index contributed by atoms with van der Waals surface area (Å²) in [6.07, 6.45) is 1.79. The van der Waals surface area contributed by atoms with Gasteiger partial charge in [-0.15, -0.1) is 0 Å². The molecule has 0 radical (unpaired) electrons. The second-order valence-electron chi connectivity index (χ2n) is 2.85. The van der Waals surface area contributed by atoms with Crippen molar-refractivity contribution in [3.63, 3.8) is 0 Å². The first-order chi connectivity index (χ1) is 5.83. The Bertz CT molecular complexity index is 220. The topological polar surface area (TPSA) is 37.2 Å². The van der Waals surface area contributed by atoms with Crippen LogP contribution >= 0.6 is 0 Å². The first kappa shape index (κ1) is 9.29. The summed E-state index contributed by atoms with van der Waals surface area (Å²) in [5, 5.41) is 6.37. The van der Waals surface area contributed by atoms with Gasteiger partial charge in [-0.2, -0.15) is 0 Å². The Balaban J connectivity index is 2.15. The number of nitrogens with one attached hydrogen (secondary N) is 2. The summed E-state index contributed by atoms with van der Waals surface area (Å²) in [7, 11) is 1.95. The molecule has 0 bridgehead atoms. The SMILES string of the molecule is CNCCNCc1coc(C)c1. The fourth-order valence-corrected chi connectivity index (χ4v) is 1.04. The first-order valence-corrected chi connectivity index (χ1v) is 4.22. The molecule has 12 heavy (non-hydrogen) atoms. The van der Waals surface area contributed by atoms with Gasteiger partial charge in [-0.1, -0.05) is 0 Å². The van der Waals surface area contributed by atoms with Crippen molar-refractivity contribution in [2.75, 3.05) is 20.1 Å². The van der Waals surface area contributed by atoms with Crippen LogP contribution in [0.5, 0.6) is 0 Å². The summed E-state index contributed by atoms with van der Waals surface area (Å²) >= 11 is 0. The Hall–Kier alpha value is -0.800. The smallest absolute Gasteiger partial charge is 0.101 e. The lowest BCUT2D eigenvalue weighted by atomic mass is 10.3. The molecular weight excluding hydrogens is 152 g/mol. The molecule has 3 nitrogen and oxygen atoms in total. The molecule has 0 saturated heterocycles. The predicted molar refractivity (Wildman–Crippen MR) is 49.1 cm³/mol. The molecule has 3 heteroatoms. The lowest BCUT2D eigenvalue weighted by Crippen LogP contribution is -2.24. The number of hydrogen-bond donors (Lipinski definition) is 2. The minimum atomic E-state index is 0.888. The van der Waals surface area contributed by atoms with Crippen molar-refractivity contribution in [2.45, 2.75) is 13.5 Å². The highest BCUT2D eigenvalue weighted by Gasteiger charge is 1.95. The molecule has 1 aromatic heterocycles. The molecule has 0 aliphatic rings. The molecule has 68 valence electrons. The van der Waals surface area contributed by atoms with E-state index >= 15 is 0 Å². The number of aryl methyl sites for hydroxylation is 1. The quantitative estimate of drug-likeness (QED) is 0.641. The van der Waals surface area contributed by atoms with Crippen LogP contribution < -0.4 is 10.6 Å². The summed E-state index contributed by atoms with van der Waals surface area (Å²) < 4.78 is 5.17. The minimum absolute atomic E-state index is 0.888. The molecule has 0 unspecified atom stereocenters. The van der Waals surface area contributed by atoms with Crippen LogP contribution in [0, 0.1) is 6.92 Å². The van der Waals surface area contributed by atoms with Crippen LogP contribution in [0.1, 0.15) is 11.3 Å². The number of likely N-dealkylation sites (N-methyl/N-ethyl adjacent to an activating group) is 1. The van der Waals surface area contributed by atoms with E-state index in [1.54, 1.807) is 6.26 Å². The fourth-order valence-electron chi connectivity index (χ4n) is 1.04. The van der Waals surface area contributed by atoms with Gasteiger partial charge < -0.3 is 15.1 Å². The fraction of sp³-hybridized carbons (Fsp3) is 0.556. The van der Waals surface area contributed by atoms with Crippen molar-refractivity contribution in [1.82, 2.24) is 10.6 Å². The number of hydrogen-bond acceptors (Lipinski definition) is 3. The third-order valence-corrected chi connectivity index (χ3v) is 1.67. The van der Waals surface area contributed by atoms with Crippen molar-refractivity contribution in [1.29, 1.82) is 0 Å². The molecule has 0 fully saturated rings. The summed E-state index contributed by atoms with van der Waals surface area (Å²) in [4.78, 5) is 0. The van der Waals surface area contributed by atoms with E-state index in [-0.39, 0.29) is 0 Å². The molecule has 2 N–H and O–H groups in total. The normalized spacial score (nSPS) is 10.5. The molecule has 1 rings (SSSR count). The molecular formula is C9H16N2O. The first-order valence-electron chi connectivity index (χ1n) is 4.22. The van der Waals surface area contributed by atoms with Crippen molar-refractivity contribution >= 4 is 0 Å². The summed E-state index contributed by atoms with van der Waals surface area (Å²) in [5.41, 5.74) is 1.21. The third kappa shape index (κ3) is 3.07. The highest BCUT2D eigenvalue weighted by Crippen LogP contribution is 2.04. The third-order valence-electron chi connectivity index (χ3n) is 1.67. The van der Waals surface area contributed by atoms with Crippen molar-refractivity contribution in [2.24, 2.45) is 0 Å². The molecule has 0 saturated carbocycles. The maximum atomic E-state index is 5.17. The van der Waals surface area contributed by atoms with Gasteiger partial charge in [-0.05, 0) is 20.0 Å². The van der Waals surface area contributed by atoms with Gasteiger partial charge >= 0.3 is 0 Å². The Morgan fingerprint density at radius 3 is 2.83 bits per heavy atom. The van der Waals surface area contributed by atoms with E-state index in [0.717, 1.165) is 25.4 Å². The predicted octanol–water partition coefficient (Wildman–Crippen LogP) is 0.897. The van der Waals surface area contributed by atoms with Crippen LogP contribution in [0.25, 0.3) is 0 Å². The Morgan fingerprint density at radius 2 is 2.25 bits per heavy atom. The lowest BCUT2D eigenvalue weighted by Gasteiger charge is -2.00. The summed E-state index contributed by atoms with van der Waals surface area (Å²) in [5.74, 6) is 0.973. The zero-order chi connectivity index (χ0) is 8.81. The van der Waals surface area contributed by atoms with Gasteiger partial charge in [-0.25, -0.2) is 0 Å². The zero-order valence-corrected chi connectivity index (χ0v) is 7.68. The van der Waals surface area contributed by atoms with Gasteiger partial charge in [0.25, 0.3) is 0 Å².